The minimum absolute atomic E-state index is 0.792. The van der Waals surface area contributed by atoms with Crippen molar-refractivity contribution in [2.45, 2.75) is 11.7 Å². The predicted octanol–water partition coefficient (Wildman–Crippen LogP) is 0.297. The molecule has 1 unspecified atom stereocenters. The minimum Gasteiger partial charge on any atom is -0.269 e. The maximum absolute atomic E-state index is 5.52. The smallest absolute Gasteiger partial charge is 0.0248 e. The summed E-state index contributed by atoms with van der Waals surface area (Å²) in [5.41, 5.74) is 0. The third kappa shape index (κ3) is 1.37. The van der Waals surface area contributed by atoms with Gasteiger partial charge in [-0.05, 0) is 12.7 Å². The molecule has 1 aliphatic rings. The highest BCUT2D eigenvalue weighted by Crippen LogP contribution is 2.16. The van der Waals surface area contributed by atoms with Crippen molar-refractivity contribution in [2.24, 2.45) is 5.84 Å². The summed E-state index contributed by atoms with van der Waals surface area (Å²) in [6.45, 7) is 2.15. The molecule has 1 aliphatic heterocycles. The highest BCUT2D eigenvalue weighted by Gasteiger charge is 2.17. The van der Waals surface area contributed by atoms with Crippen LogP contribution in [0.25, 0.3) is 0 Å². The third-order valence-corrected chi connectivity index (χ3v) is 2.56. The fourth-order valence-electron chi connectivity index (χ4n) is 0.946. The molecule has 0 aromatic rings. The molecule has 0 amide bonds. The molecule has 1 rings (SSSR count). The van der Waals surface area contributed by atoms with Crippen LogP contribution in [0.15, 0.2) is 0 Å². The monoisotopic (exact) mass is 132 g/mol. The highest BCUT2D eigenvalue weighted by atomic mass is 32.2. The molecule has 2 nitrogen and oxygen atoms in total. The van der Waals surface area contributed by atoms with E-state index in [0.717, 1.165) is 18.3 Å². The molecule has 0 spiro atoms. The molecule has 1 fully saturated rings. The van der Waals surface area contributed by atoms with E-state index in [1.54, 1.807) is 0 Å². The SMILES string of the molecule is CSC1CCN(N)C1. The van der Waals surface area contributed by atoms with E-state index in [2.05, 4.69) is 6.26 Å². The van der Waals surface area contributed by atoms with Crippen molar-refractivity contribution in [2.75, 3.05) is 19.3 Å². The summed E-state index contributed by atoms with van der Waals surface area (Å²) in [5.74, 6) is 5.52. The molecule has 0 radical (unpaired) electrons. The van der Waals surface area contributed by atoms with E-state index in [1.807, 2.05) is 16.8 Å². The molecule has 1 atom stereocenters. The maximum Gasteiger partial charge on any atom is 0.0248 e. The summed E-state index contributed by atoms with van der Waals surface area (Å²) < 4.78 is 0. The van der Waals surface area contributed by atoms with Crippen LogP contribution in [0.2, 0.25) is 0 Å². The Balaban J connectivity index is 2.22. The first-order valence-electron chi connectivity index (χ1n) is 2.85. The zero-order chi connectivity index (χ0) is 5.98. The topological polar surface area (TPSA) is 29.3 Å². The Morgan fingerprint density at radius 1 is 1.75 bits per heavy atom. The molecule has 0 aliphatic carbocycles. The lowest BCUT2D eigenvalue weighted by Crippen LogP contribution is -2.28. The van der Waals surface area contributed by atoms with Crippen molar-refractivity contribution < 1.29 is 0 Å². The van der Waals surface area contributed by atoms with Crippen molar-refractivity contribution in [3.63, 3.8) is 0 Å². The van der Waals surface area contributed by atoms with Gasteiger partial charge in [0, 0.05) is 18.3 Å². The van der Waals surface area contributed by atoms with E-state index >= 15 is 0 Å². The van der Waals surface area contributed by atoms with Gasteiger partial charge in [-0.2, -0.15) is 11.8 Å². The largest absolute Gasteiger partial charge is 0.269 e. The van der Waals surface area contributed by atoms with Crippen LogP contribution in [0.4, 0.5) is 0 Å². The van der Waals surface area contributed by atoms with Crippen molar-refractivity contribution in [3.8, 4) is 0 Å². The lowest BCUT2D eigenvalue weighted by molar-refractivity contribution is 0.356. The highest BCUT2D eigenvalue weighted by molar-refractivity contribution is 7.99. The normalized spacial score (nSPS) is 31.5. The van der Waals surface area contributed by atoms with E-state index in [9.17, 15) is 0 Å². The van der Waals surface area contributed by atoms with Gasteiger partial charge < -0.3 is 0 Å². The van der Waals surface area contributed by atoms with Crippen molar-refractivity contribution in [1.29, 1.82) is 0 Å². The number of thioether (sulfide) groups is 1. The van der Waals surface area contributed by atoms with Crippen LogP contribution in [0.3, 0.4) is 0 Å². The zero-order valence-corrected chi connectivity index (χ0v) is 5.95. The quantitative estimate of drug-likeness (QED) is 0.520. The van der Waals surface area contributed by atoms with Gasteiger partial charge in [0.15, 0.2) is 0 Å². The van der Waals surface area contributed by atoms with Gasteiger partial charge in [-0.25, -0.2) is 5.01 Å². The van der Waals surface area contributed by atoms with Gasteiger partial charge in [0.2, 0.25) is 0 Å². The van der Waals surface area contributed by atoms with Crippen molar-refractivity contribution in [1.82, 2.24) is 5.01 Å². The van der Waals surface area contributed by atoms with Gasteiger partial charge in [-0.1, -0.05) is 0 Å². The number of hydrogen-bond donors (Lipinski definition) is 1. The van der Waals surface area contributed by atoms with Gasteiger partial charge in [0.25, 0.3) is 0 Å². The lowest BCUT2D eigenvalue weighted by Gasteiger charge is -2.05. The average Bonchev–Trinajstić information content (AvgIpc) is 2.14. The first kappa shape index (κ1) is 6.39. The van der Waals surface area contributed by atoms with Gasteiger partial charge in [0.05, 0.1) is 0 Å². The first-order chi connectivity index (χ1) is 3.83. The molecule has 0 aromatic carbocycles. The van der Waals surface area contributed by atoms with Crippen LogP contribution in [-0.4, -0.2) is 29.6 Å². The summed E-state index contributed by atoms with van der Waals surface area (Å²) in [6, 6.07) is 0. The summed E-state index contributed by atoms with van der Waals surface area (Å²) in [7, 11) is 0. The van der Waals surface area contributed by atoms with Crippen molar-refractivity contribution >= 4 is 11.8 Å². The van der Waals surface area contributed by atoms with Crippen LogP contribution in [-0.2, 0) is 0 Å². The van der Waals surface area contributed by atoms with E-state index in [-0.39, 0.29) is 0 Å². The molecule has 1 saturated heterocycles. The van der Waals surface area contributed by atoms with Gasteiger partial charge in [-0.3, -0.25) is 5.84 Å². The Labute approximate surface area is 54.4 Å². The number of rotatable bonds is 1. The van der Waals surface area contributed by atoms with Crippen LogP contribution < -0.4 is 5.84 Å². The van der Waals surface area contributed by atoms with Crippen LogP contribution >= 0.6 is 11.8 Å². The van der Waals surface area contributed by atoms with Gasteiger partial charge in [-0.15, -0.1) is 0 Å². The second-order valence-corrected chi connectivity index (χ2v) is 3.28. The summed E-state index contributed by atoms with van der Waals surface area (Å²) in [5, 5.41) is 2.68. The average molecular weight is 132 g/mol. The summed E-state index contributed by atoms with van der Waals surface area (Å²) >= 11 is 1.91. The molecule has 2 N–H and O–H groups in total. The molecule has 3 heteroatoms. The number of hydrogen-bond acceptors (Lipinski definition) is 3. The van der Waals surface area contributed by atoms with Crippen molar-refractivity contribution in [3.05, 3.63) is 0 Å². The Morgan fingerprint density at radius 3 is 2.75 bits per heavy atom. The Hall–Kier alpha value is 0.270. The maximum atomic E-state index is 5.52. The number of nitrogens with two attached hydrogens (primary N) is 1. The summed E-state index contributed by atoms with van der Waals surface area (Å²) in [6.07, 6.45) is 3.40. The molecule has 1 heterocycles. The first-order valence-corrected chi connectivity index (χ1v) is 4.14. The molecular weight excluding hydrogens is 120 g/mol. The van der Waals surface area contributed by atoms with Gasteiger partial charge in [0.1, 0.15) is 0 Å². The third-order valence-electron chi connectivity index (χ3n) is 1.51. The molecular formula is C5H12N2S. The minimum atomic E-state index is 0.792. The van der Waals surface area contributed by atoms with Gasteiger partial charge >= 0.3 is 0 Å². The lowest BCUT2D eigenvalue weighted by atomic mass is 10.4. The van der Waals surface area contributed by atoms with E-state index in [4.69, 9.17) is 5.84 Å². The Kier molecular flexibility index (Phi) is 2.16. The summed E-state index contributed by atoms with van der Waals surface area (Å²) in [4.78, 5) is 0. The molecule has 8 heavy (non-hydrogen) atoms. The predicted molar refractivity (Wildman–Crippen MR) is 37.7 cm³/mol. The standard InChI is InChI=1S/C5H12N2S/c1-8-5-2-3-7(6)4-5/h5H,2-4,6H2,1H3. The fraction of sp³-hybridized carbons (Fsp3) is 1.00. The van der Waals surface area contributed by atoms with Crippen LogP contribution in [0.5, 0.6) is 0 Å². The zero-order valence-electron chi connectivity index (χ0n) is 5.13. The molecule has 48 valence electrons. The van der Waals surface area contributed by atoms with E-state index in [0.29, 0.717) is 0 Å². The van der Waals surface area contributed by atoms with E-state index < -0.39 is 0 Å². The second kappa shape index (κ2) is 2.71. The number of hydrazine groups is 1. The Bertz CT molecular complexity index is 76.8. The second-order valence-electron chi connectivity index (χ2n) is 2.14. The fourth-order valence-corrected chi connectivity index (χ4v) is 1.63. The Morgan fingerprint density at radius 2 is 2.50 bits per heavy atom. The molecule has 0 bridgehead atoms. The molecule has 0 saturated carbocycles. The van der Waals surface area contributed by atoms with Crippen LogP contribution in [0.1, 0.15) is 6.42 Å². The number of nitrogens with zero attached hydrogens (tertiary/aromatic N) is 1. The van der Waals surface area contributed by atoms with E-state index in [1.165, 1.54) is 6.42 Å². The van der Waals surface area contributed by atoms with Crippen LogP contribution in [0, 0.1) is 0 Å². The molecule has 0 aromatic heterocycles.